The van der Waals surface area contributed by atoms with Gasteiger partial charge in [0, 0.05) is 0 Å². The zero-order valence-electron chi connectivity index (χ0n) is 15.6. The minimum Gasteiger partial charge on any atom is -0.391 e. The van der Waals surface area contributed by atoms with Gasteiger partial charge in [0.15, 0.2) is 17.7 Å². The molecule has 0 saturated carbocycles. The maximum atomic E-state index is 11.9. The summed E-state index contributed by atoms with van der Waals surface area (Å²) >= 11 is 0. The number of carbonyl (C=O) groups is 1. The summed E-state index contributed by atoms with van der Waals surface area (Å²) in [6, 6.07) is -1.49. The average molecular weight is 447 g/mol. The lowest BCUT2D eigenvalue weighted by Crippen LogP contribution is -2.49. The Morgan fingerprint density at radius 2 is 2.07 bits per heavy atom. The number of aromatic nitrogens is 4. The van der Waals surface area contributed by atoms with Gasteiger partial charge >= 0.3 is 10.3 Å². The Morgan fingerprint density at radius 3 is 2.73 bits per heavy atom. The Labute approximate surface area is 169 Å². The van der Waals surface area contributed by atoms with E-state index < -0.39 is 59.5 Å². The second kappa shape index (κ2) is 8.34. The van der Waals surface area contributed by atoms with E-state index in [-0.39, 0.29) is 17.0 Å². The molecular weight excluding hydrogens is 426 g/mol. The van der Waals surface area contributed by atoms with Crippen molar-refractivity contribution >= 4 is 33.2 Å². The van der Waals surface area contributed by atoms with Crippen LogP contribution >= 0.6 is 0 Å². The van der Waals surface area contributed by atoms with Gasteiger partial charge in [-0.1, -0.05) is 0 Å². The summed E-state index contributed by atoms with van der Waals surface area (Å²) in [6.07, 6.45) is -4.30. The van der Waals surface area contributed by atoms with Crippen molar-refractivity contribution in [1.82, 2.24) is 24.2 Å². The van der Waals surface area contributed by atoms with Crippen molar-refractivity contribution in [2.75, 3.05) is 12.3 Å². The molecule has 0 aliphatic carbocycles. The Kier molecular flexibility index (Phi) is 6.18. The van der Waals surface area contributed by atoms with E-state index in [2.05, 4.69) is 19.1 Å². The molecule has 30 heavy (non-hydrogen) atoms. The minimum absolute atomic E-state index is 0.101. The number of aliphatic hydroxyl groups excluding tert-OH is 3. The van der Waals surface area contributed by atoms with Crippen molar-refractivity contribution in [1.29, 1.82) is 0 Å². The van der Waals surface area contributed by atoms with Crippen molar-refractivity contribution in [3.05, 3.63) is 12.7 Å². The second-order valence-corrected chi connectivity index (χ2v) is 7.95. The van der Waals surface area contributed by atoms with Gasteiger partial charge in [0.25, 0.3) is 5.91 Å². The molecule has 0 aromatic carbocycles. The number of nitrogens with zero attached hydrogens (tertiary/aromatic N) is 4. The second-order valence-electron chi connectivity index (χ2n) is 6.60. The molecule has 0 radical (unpaired) electrons. The highest BCUT2D eigenvalue weighted by atomic mass is 32.2. The smallest absolute Gasteiger partial charge is 0.362 e. The summed E-state index contributed by atoms with van der Waals surface area (Å²) in [5.41, 5.74) is 11.5. The zero-order valence-corrected chi connectivity index (χ0v) is 16.4. The van der Waals surface area contributed by atoms with Crippen LogP contribution < -0.4 is 16.2 Å². The number of fused-ring (bicyclic) bond motifs is 1. The summed E-state index contributed by atoms with van der Waals surface area (Å²) in [5.74, 6) is -1.08. The molecule has 1 amide bonds. The molecule has 3 rings (SSSR count). The highest BCUT2D eigenvalue weighted by molar-refractivity contribution is 7.85. The standard InChI is InChI=1S/C14H21N7O8S/c1-5(22)7(15)13(25)20-30(26,27)28-2-6-9(23)10(24)14(29-6)21-4-19-8-11(16)17-3-18-12(8)21/h3-7,9-10,14,22-24H,2,15H2,1H3,(H,20,25)(H2,16,17,18)/t5-,6+,7-,9+,10-,14-/m1/s1. The highest BCUT2D eigenvalue weighted by Gasteiger charge is 2.45. The topological polar surface area (TPSA) is 238 Å². The summed E-state index contributed by atoms with van der Waals surface area (Å²) in [5, 5.41) is 29.8. The van der Waals surface area contributed by atoms with Crippen LogP contribution in [0.5, 0.6) is 0 Å². The summed E-state index contributed by atoms with van der Waals surface area (Å²) in [4.78, 5) is 23.5. The number of nitrogen functional groups attached to an aromatic ring is 1. The Balaban J connectivity index is 1.68. The first kappa shape index (κ1) is 22.2. The number of ether oxygens (including phenoxy) is 1. The Bertz CT molecular complexity index is 1030. The van der Waals surface area contributed by atoms with Crippen LogP contribution in [-0.4, -0.2) is 86.2 Å². The molecule has 1 aliphatic heterocycles. The van der Waals surface area contributed by atoms with Crippen LogP contribution in [0.2, 0.25) is 0 Å². The number of imidazole rings is 1. The van der Waals surface area contributed by atoms with Crippen LogP contribution in [0.25, 0.3) is 11.2 Å². The molecule has 1 fully saturated rings. The number of carbonyl (C=O) groups excluding carboxylic acids is 1. The van der Waals surface area contributed by atoms with Crippen molar-refractivity contribution in [2.45, 2.75) is 43.6 Å². The molecule has 2 aromatic heterocycles. The highest BCUT2D eigenvalue weighted by Crippen LogP contribution is 2.32. The number of anilines is 1. The third-order valence-corrected chi connectivity index (χ3v) is 5.33. The number of hydrogen-bond acceptors (Lipinski definition) is 13. The van der Waals surface area contributed by atoms with E-state index in [1.54, 1.807) is 0 Å². The fourth-order valence-corrected chi connectivity index (χ4v) is 3.50. The number of amides is 1. The zero-order chi connectivity index (χ0) is 22.2. The Hall–Kier alpha value is -2.47. The molecule has 1 saturated heterocycles. The van der Waals surface area contributed by atoms with Crippen molar-refractivity contribution < 1.29 is 37.5 Å². The molecule has 15 nitrogen and oxygen atoms in total. The predicted octanol–water partition coefficient (Wildman–Crippen LogP) is -3.89. The van der Waals surface area contributed by atoms with Gasteiger partial charge in [0.05, 0.1) is 19.0 Å². The van der Waals surface area contributed by atoms with Crippen LogP contribution in [0.4, 0.5) is 5.82 Å². The minimum atomic E-state index is -4.62. The third-order valence-electron chi connectivity index (χ3n) is 4.43. The van der Waals surface area contributed by atoms with Gasteiger partial charge in [0.2, 0.25) is 0 Å². The molecule has 166 valence electrons. The van der Waals surface area contributed by atoms with Crippen molar-refractivity contribution in [3.8, 4) is 0 Å². The van der Waals surface area contributed by atoms with E-state index in [1.807, 2.05) is 0 Å². The van der Waals surface area contributed by atoms with Crippen LogP contribution in [0.3, 0.4) is 0 Å². The van der Waals surface area contributed by atoms with Crippen molar-refractivity contribution in [2.24, 2.45) is 5.73 Å². The lowest BCUT2D eigenvalue weighted by molar-refractivity contribution is -0.122. The van der Waals surface area contributed by atoms with Gasteiger partial charge < -0.3 is 31.5 Å². The largest absolute Gasteiger partial charge is 0.391 e. The van der Waals surface area contributed by atoms with Gasteiger partial charge in [0.1, 0.15) is 36.2 Å². The number of nitrogens with one attached hydrogen (secondary N) is 1. The number of aliphatic hydroxyl groups is 3. The predicted molar refractivity (Wildman–Crippen MR) is 98.3 cm³/mol. The van der Waals surface area contributed by atoms with Gasteiger partial charge in [-0.2, -0.15) is 8.42 Å². The first-order valence-electron chi connectivity index (χ1n) is 8.61. The maximum absolute atomic E-state index is 11.9. The normalized spacial score (nSPS) is 26.6. The van der Waals surface area contributed by atoms with Crippen LogP contribution in [0.15, 0.2) is 12.7 Å². The molecule has 0 bridgehead atoms. The molecule has 0 spiro atoms. The molecule has 2 aromatic rings. The number of rotatable bonds is 7. The van der Waals surface area contributed by atoms with Gasteiger partial charge in [-0.15, -0.1) is 0 Å². The van der Waals surface area contributed by atoms with Gasteiger partial charge in [-0.3, -0.25) is 13.5 Å². The van der Waals surface area contributed by atoms with E-state index >= 15 is 0 Å². The molecule has 8 N–H and O–H groups in total. The maximum Gasteiger partial charge on any atom is 0.362 e. The monoisotopic (exact) mass is 447 g/mol. The summed E-state index contributed by atoms with van der Waals surface area (Å²) in [7, 11) is -4.62. The first-order valence-corrected chi connectivity index (χ1v) is 10.0. The fourth-order valence-electron chi connectivity index (χ4n) is 2.75. The fraction of sp³-hybridized carbons (Fsp3) is 0.571. The van der Waals surface area contributed by atoms with Gasteiger partial charge in [-0.05, 0) is 6.92 Å². The van der Waals surface area contributed by atoms with E-state index in [0.717, 1.165) is 0 Å². The quantitative estimate of drug-likeness (QED) is 0.238. The lowest BCUT2D eigenvalue weighted by Gasteiger charge is -2.17. The van der Waals surface area contributed by atoms with E-state index in [0.29, 0.717) is 0 Å². The van der Waals surface area contributed by atoms with Crippen LogP contribution in [0, 0.1) is 0 Å². The molecule has 1 aliphatic rings. The number of nitrogens with two attached hydrogens (primary N) is 2. The van der Waals surface area contributed by atoms with Gasteiger partial charge in [-0.25, -0.2) is 19.7 Å². The van der Waals surface area contributed by atoms with Crippen LogP contribution in [0.1, 0.15) is 13.2 Å². The SMILES string of the molecule is C[C@@H](O)[C@@H](N)C(=O)NS(=O)(=O)OC[C@@H]1O[C@@H](n2cnc3c(N)ncnc32)[C@H](O)[C@H]1O. The van der Waals surface area contributed by atoms with E-state index in [4.69, 9.17) is 16.2 Å². The third kappa shape index (κ3) is 4.33. The first-order chi connectivity index (χ1) is 14.0. The molecule has 6 atom stereocenters. The molecule has 0 unspecified atom stereocenters. The molecular formula is C14H21N7O8S. The van der Waals surface area contributed by atoms with E-state index in [1.165, 1.54) is 28.9 Å². The lowest BCUT2D eigenvalue weighted by atomic mass is 10.1. The average Bonchev–Trinajstić information content (AvgIpc) is 3.22. The molecule has 3 heterocycles. The van der Waals surface area contributed by atoms with Crippen LogP contribution in [-0.2, 0) is 24.0 Å². The summed E-state index contributed by atoms with van der Waals surface area (Å²) < 4.78 is 36.8. The van der Waals surface area contributed by atoms with Crippen molar-refractivity contribution in [3.63, 3.8) is 0 Å². The number of hydrogen-bond donors (Lipinski definition) is 6. The van der Waals surface area contributed by atoms with E-state index in [9.17, 15) is 28.5 Å². The Morgan fingerprint density at radius 1 is 1.37 bits per heavy atom. The molecule has 16 heteroatoms. The summed E-state index contributed by atoms with van der Waals surface area (Å²) in [6.45, 7) is 0.478.